The van der Waals surface area contributed by atoms with Gasteiger partial charge in [-0.15, -0.1) is 11.3 Å². The first-order chi connectivity index (χ1) is 9.85. The molecule has 112 valence electrons. The second-order valence-corrected chi connectivity index (χ2v) is 6.89. The normalized spacial score (nSPS) is 11.1. The number of rotatable bonds is 5. The molecule has 0 atom stereocenters. The summed E-state index contributed by atoms with van der Waals surface area (Å²) in [7, 11) is -2.62. The van der Waals surface area contributed by atoms with Crippen LogP contribution in [0.2, 0.25) is 5.02 Å². The van der Waals surface area contributed by atoms with Crippen LogP contribution in [-0.2, 0) is 10.0 Å². The van der Waals surface area contributed by atoms with Gasteiger partial charge in [-0.3, -0.25) is 4.72 Å². The number of thiazole rings is 1. The lowest BCUT2D eigenvalue weighted by Crippen LogP contribution is -2.15. The molecule has 0 aliphatic carbocycles. The number of nitrogens with one attached hydrogen (secondary N) is 1. The van der Waals surface area contributed by atoms with E-state index in [9.17, 15) is 13.2 Å². The molecule has 10 heteroatoms. The number of aromatic nitrogens is 1. The highest BCUT2D eigenvalue weighted by atomic mass is 35.5. The van der Waals surface area contributed by atoms with Gasteiger partial charge in [-0.2, -0.15) is 0 Å². The summed E-state index contributed by atoms with van der Waals surface area (Å²) in [6, 6.07) is 4.30. The van der Waals surface area contributed by atoms with Crippen molar-refractivity contribution >= 4 is 44.6 Å². The van der Waals surface area contributed by atoms with Crippen LogP contribution in [0, 0.1) is 0 Å². The molecule has 0 saturated carbocycles. The van der Waals surface area contributed by atoms with E-state index in [1.54, 1.807) is 0 Å². The maximum atomic E-state index is 12.2. The van der Waals surface area contributed by atoms with Crippen LogP contribution in [0.5, 0.6) is 5.75 Å². The molecular formula is C11H9ClN2O5S2. The smallest absolute Gasteiger partial charge is 0.356 e. The number of carboxylic acid groups (broad SMARTS) is 1. The predicted octanol–water partition coefficient (Wildman–Crippen LogP) is 2.30. The molecule has 0 unspecified atom stereocenters. The van der Waals surface area contributed by atoms with Crippen molar-refractivity contribution in [3.63, 3.8) is 0 Å². The minimum Gasteiger partial charge on any atom is -0.495 e. The van der Waals surface area contributed by atoms with E-state index >= 15 is 0 Å². The van der Waals surface area contributed by atoms with E-state index in [1.165, 1.54) is 25.3 Å². The number of hydrogen-bond acceptors (Lipinski definition) is 6. The van der Waals surface area contributed by atoms with Gasteiger partial charge in [-0.1, -0.05) is 11.6 Å². The molecule has 0 saturated heterocycles. The summed E-state index contributed by atoms with van der Waals surface area (Å²) in [6.45, 7) is 0. The number of carboxylic acids is 1. The van der Waals surface area contributed by atoms with Crippen LogP contribution in [0.25, 0.3) is 0 Å². The minimum atomic E-state index is -4.06. The van der Waals surface area contributed by atoms with Crippen LogP contribution in [0.1, 0.15) is 10.5 Å². The average molecular weight is 349 g/mol. The molecule has 0 aliphatic rings. The number of anilines is 1. The first-order valence-electron chi connectivity index (χ1n) is 5.38. The van der Waals surface area contributed by atoms with E-state index in [0.717, 1.165) is 5.51 Å². The molecule has 2 aromatic rings. The van der Waals surface area contributed by atoms with Crippen LogP contribution >= 0.6 is 22.9 Å². The lowest BCUT2D eigenvalue weighted by molar-refractivity contribution is 0.0687. The van der Waals surface area contributed by atoms with Gasteiger partial charge in [0.2, 0.25) is 0 Å². The van der Waals surface area contributed by atoms with Crippen molar-refractivity contribution in [3.05, 3.63) is 34.4 Å². The van der Waals surface area contributed by atoms with Gasteiger partial charge in [0.1, 0.15) is 5.75 Å². The Bertz CT molecular complexity index is 788. The Balaban J connectivity index is 2.35. The fraction of sp³-hybridized carbons (Fsp3) is 0.0909. The van der Waals surface area contributed by atoms with Gasteiger partial charge in [0.25, 0.3) is 10.0 Å². The topological polar surface area (TPSA) is 106 Å². The standard InChI is InChI=1S/C11H9ClN2O5S2/c1-19-8-3-2-6(4-7(8)12)14-21(17,18)11-9(10(15)16)13-5-20-11/h2-5,14H,1H3,(H,15,16). The van der Waals surface area contributed by atoms with Gasteiger partial charge < -0.3 is 9.84 Å². The Hall–Kier alpha value is -1.84. The zero-order chi connectivity index (χ0) is 15.6. The van der Waals surface area contributed by atoms with Crippen LogP contribution in [-0.4, -0.2) is 31.6 Å². The fourth-order valence-electron chi connectivity index (χ4n) is 1.50. The highest BCUT2D eigenvalue weighted by Crippen LogP contribution is 2.29. The van der Waals surface area contributed by atoms with Gasteiger partial charge in [-0.05, 0) is 18.2 Å². The summed E-state index contributed by atoms with van der Waals surface area (Å²) >= 11 is 6.62. The summed E-state index contributed by atoms with van der Waals surface area (Å²) in [5.41, 5.74) is 0.816. The fourth-order valence-corrected chi connectivity index (χ4v) is 3.95. The zero-order valence-electron chi connectivity index (χ0n) is 10.5. The molecule has 21 heavy (non-hydrogen) atoms. The van der Waals surface area contributed by atoms with E-state index < -0.39 is 21.7 Å². The Morgan fingerprint density at radius 1 is 1.48 bits per heavy atom. The molecule has 0 spiro atoms. The number of carbonyl (C=O) groups is 1. The highest BCUT2D eigenvalue weighted by Gasteiger charge is 2.25. The Morgan fingerprint density at radius 2 is 2.19 bits per heavy atom. The SMILES string of the molecule is COc1ccc(NS(=O)(=O)c2scnc2C(=O)O)cc1Cl. The largest absolute Gasteiger partial charge is 0.495 e. The number of sulfonamides is 1. The first-order valence-corrected chi connectivity index (χ1v) is 8.12. The van der Waals surface area contributed by atoms with Gasteiger partial charge in [0, 0.05) is 0 Å². The average Bonchev–Trinajstić information content (AvgIpc) is 2.88. The van der Waals surface area contributed by atoms with Gasteiger partial charge >= 0.3 is 5.97 Å². The van der Waals surface area contributed by atoms with Gasteiger partial charge in [0.15, 0.2) is 9.90 Å². The van der Waals surface area contributed by atoms with E-state index in [0.29, 0.717) is 17.1 Å². The summed E-state index contributed by atoms with van der Waals surface area (Å²) in [6.07, 6.45) is 0. The van der Waals surface area contributed by atoms with Crippen molar-refractivity contribution in [2.45, 2.75) is 4.21 Å². The lowest BCUT2D eigenvalue weighted by atomic mass is 10.3. The molecule has 0 fully saturated rings. The summed E-state index contributed by atoms with van der Waals surface area (Å²) in [5, 5.41) is 9.13. The molecule has 2 N–H and O–H groups in total. The van der Waals surface area contributed by atoms with E-state index in [2.05, 4.69) is 9.71 Å². The molecule has 2 rings (SSSR count). The van der Waals surface area contributed by atoms with Crippen LogP contribution < -0.4 is 9.46 Å². The Morgan fingerprint density at radius 3 is 2.76 bits per heavy atom. The van der Waals surface area contributed by atoms with Gasteiger partial charge in [0.05, 0.1) is 23.3 Å². The minimum absolute atomic E-state index is 0.186. The van der Waals surface area contributed by atoms with E-state index in [1.807, 2.05) is 0 Å². The second kappa shape index (κ2) is 5.88. The van der Waals surface area contributed by atoms with E-state index in [-0.39, 0.29) is 14.9 Å². The summed E-state index contributed by atoms with van der Waals surface area (Å²) < 4.78 is 31.2. The summed E-state index contributed by atoms with van der Waals surface area (Å²) in [5.74, 6) is -1.02. The van der Waals surface area contributed by atoms with Crippen molar-refractivity contribution in [1.29, 1.82) is 0 Å². The quantitative estimate of drug-likeness (QED) is 0.858. The van der Waals surface area contributed by atoms with Gasteiger partial charge in [-0.25, -0.2) is 18.2 Å². The van der Waals surface area contributed by atoms with Crippen molar-refractivity contribution in [2.75, 3.05) is 11.8 Å². The Kier molecular flexibility index (Phi) is 4.35. The number of halogens is 1. The highest BCUT2D eigenvalue weighted by molar-refractivity contribution is 7.94. The van der Waals surface area contributed by atoms with Crippen molar-refractivity contribution in [2.24, 2.45) is 0 Å². The van der Waals surface area contributed by atoms with E-state index in [4.69, 9.17) is 21.4 Å². The first kappa shape index (κ1) is 15.5. The molecule has 7 nitrogen and oxygen atoms in total. The molecule has 1 aromatic carbocycles. The Labute approximate surface area is 129 Å². The number of benzene rings is 1. The van der Waals surface area contributed by atoms with Crippen molar-refractivity contribution in [1.82, 2.24) is 4.98 Å². The number of hydrogen-bond donors (Lipinski definition) is 2. The van der Waals surface area contributed by atoms with Crippen LogP contribution in [0.3, 0.4) is 0 Å². The molecule has 0 bridgehead atoms. The lowest BCUT2D eigenvalue weighted by Gasteiger charge is -2.09. The molecular weight excluding hydrogens is 340 g/mol. The second-order valence-electron chi connectivity index (χ2n) is 3.75. The third-order valence-electron chi connectivity index (χ3n) is 2.39. The summed E-state index contributed by atoms with van der Waals surface area (Å²) in [4.78, 5) is 14.5. The zero-order valence-corrected chi connectivity index (χ0v) is 12.9. The molecule has 0 amide bonds. The third kappa shape index (κ3) is 3.26. The number of aromatic carboxylic acids is 1. The van der Waals surface area contributed by atoms with Crippen LogP contribution in [0.4, 0.5) is 5.69 Å². The number of nitrogens with zero attached hydrogens (tertiary/aromatic N) is 1. The molecule has 1 heterocycles. The van der Waals surface area contributed by atoms with Crippen LogP contribution in [0.15, 0.2) is 27.9 Å². The van der Waals surface area contributed by atoms with Crippen molar-refractivity contribution < 1.29 is 23.1 Å². The third-order valence-corrected chi connectivity index (χ3v) is 5.43. The molecule has 0 aliphatic heterocycles. The maximum absolute atomic E-state index is 12.2. The molecule has 1 aromatic heterocycles. The monoisotopic (exact) mass is 348 g/mol. The number of ether oxygens (including phenoxy) is 1. The maximum Gasteiger partial charge on any atom is 0.356 e. The number of methoxy groups -OCH3 is 1. The molecule has 0 radical (unpaired) electrons. The van der Waals surface area contributed by atoms with Crippen molar-refractivity contribution in [3.8, 4) is 5.75 Å². The predicted molar refractivity (Wildman–Crippen MR) is 77.9 cm³/mol.